The van der Waals surface area contributed by atoms with Crippen LogP contribution in [0.1, 0.15) is 19.3 Å². The van der Waals surface area contributed by atoms with E-state index in [2.05, 4.69) is 5.32 Å². The Morgan fingerprint density at radius 2 is 2.06 bits per heavy atom. The minimum atomic E-state index is -2.96. The molecule has 0 aromatic rings. The number of hydrogen-bond acceptors (Lipinski definition) is 4. The standard InChI is InChI=1S/C10H18N2O3S/c11-9-3-7(4-9)5-12-10(13)8-1-2-16(14,15)6-8/h7-9H,1-6,11H2,(H,12,13). The third-order valence-electron chi connectivity index (χ3n) is 3.44. The predicted molar refractivity (Wildman–Crippen MR) is 60.5 cm³/mol. The van der Waals surface area contributed by atoms with E-state index in [9.17, 15) is 13.2 Å². The first-order chi connectivity index (χ1) is 7.46. The molecule has 2 rings (SSSR count). The number of nitrogens with one attached hydrogen (secondary N) is 1. The molecule has 92 valence electrons. The fraction of sp³-hybridized carbons (Fsp3) is 0.900. The third-order valence-corrected chi connectivity index (χ3v) is 5.21. The first kappa shape index (κ1) is 11.9. The van der Waals surface area contributed by atoms with Crippen molar-refractivity contribution in [2.24, 2.45) is 17.6 Å². The molecule has 1 aliphatic carbocycles. The molecule has 0 bridgehead atoms. The Morgan fingerprint density at radius 1 is 1.38 bits per heavy atom. The molecule has 6 heteroatoms. The van der Waals surface area contributed by atoms with E-state index in [1.807, 2.05) is 0 Å². The average molecular weight is 246 g/mol. The van der Waals surface area contributed by atoms with Crippen LogP contribution in [-0.4, -0.2) is 38.4 Å². The van der Waals surface area contributed by atoms with E-state index in [0.29, 0.717) is 18.9 Å². The van der Waals surface area contributed by atoms with Gasteiger partial charge in [-0.3, -0.25) is 4.79 Å². The molecule has 5 nitrogen and oxygen atoms in total. The van der Waals surface area contributed by atoms with Gasteiger partial charge in [0.2, 0.25) is 5.91 Å². The quantitative estimate of drug-likeness (QED) is 0.687. The highest BCUT2D eigenvalue weighted by Crippen LogP contribution is 2.25. The van der Waals surface area contributed by atoms with Gasteiger partial charge in [-0.2, -0.15) is 0 Å². The number of carbonyl (C=O) groups excluding carboxylic acids is 1. The van der Waals surface area contributed by atoms with Gasteiger partial charge in [-0.1, -0.05) is 0 Å². The van der Waals surface area contributed by atoms with Crippen LogP contribution in [0.4, 0.5) is 0 Å². The molecule has 1 atom stereocenters. The average Bonchev–Trinajstić information content (AvgIpc) is 2.51. The summed E-state index contributed by atoms with van der Waals surface area (Å²) in [5, 5.41) is 2.83. The highest BCUT2D eigenvalue weighted by Gasteiger charge is 2.33. The van der Waals surface area contributed by atoms with Crippen molar-refractivity contribution in [1.29, 1.82) is 0 Å². The smallest absolute Gasteiger partial charge is 0.224 e. The Balaban J connectivity index is 1.72. The predicted octanol–water partition coefficient (Wildman–Crippen LogP) is -0.725. The van der Waals surface area contributed by atoms with Crippen LogP contribution in [0.15, 0.2) is 0 Å². The van der Waals surface area contributed by atoms with E-state index in [-0.39, 0.29) is 29.4 Å². The van der Waals surface area contributed by atoms with Gasteiger partial charge in [0.15, 0.2) is 9.84 Å². The summed E-state index contributed by atoms with van der Waals surface area (Å²) in [5.41, 5.74) is 5.64. The van der Waals surface area contributed by atoms with E-state index in [1.54, 1.807) is 0 Å². The molecular formula is C10H18N2O3S. The summed E-state index contributed by atoms with van der Waals surface area (Å²) in [5.74, 6) is 0.208. The second-order valence-corrected chi connectivity index (χ2v) is 7.17. The molecule has 1 heterocycles. The van der Waals surface area contributed by atoms with Crippen LogP contribution in [-0.2, 0) is 14.6 Å². The summed E-state index contributed by atoms with van der Waals surface area (Å²) in [6.45, 7) is 0.642. The Kier molecular flexibility index (Phi) is 3.21. The molecule has 0 radical (unpaired) electrons. The second kappa shape index (κ2) is 4.33. The van der Waals surface area contributed by atoms with E-state index < -0.39 is 9.84 Å². The molecule has 1 amide bonds. The van der Waals surface area contributed by atoms with Crippen LogP contribution in [0.25, 0.3) is 0 Å². The fourth-order valence-electron chi connectivity index (χ4n) is 2.34. The van der Waals surface area contributed by atoms with E-state index in [4.69, 9.17) is 5.73 Å². The van der Waals surface area contributed by atoms with Gasteiger partial charge < -0.3 is 11.1 Å². The van der Waals surface area contributed by atoms with E-state index in [1.165, 1.54) is 0 Å². The van der Waals surface area contributed by atoms with E-state index in [0.717, 1.165) is 12.8 Å². The highest BCUT2D eigenvalue weighted by molar-refractivity contribution is 7.91. The van der Waals surface area contributed by atoms with Gasteiger partial charge in [-0.15, -0.1) is 0 Å². The third kappa shape index (κ3) is 2.74. The molecule has 0 spiro atoms. The first-order valence-corrected chi connectivity index (χ1v) is 7.52. The SMILES string of the molecule is NC1CC(CNC(=O)C2CCS(=O)(=O)C2)C1. The summed E-state index contributed by atoms with van der Waals surface area (Å²) in [6.07, 6.45) is 2.39. The molecule has 1 aliphatic heterocycles. The van der Waals surface area contributed by atoms with Crippen molar-refractivity contribution in [3.8, 4) is 0 Å². The maximum Gasteiger partial charge on any atom is 0.224 e. The van der Waals surface area contributed by atoms with Crippen molar-refractivity contribution < 1.29 is 13.2 Å². The van der Waals surface area contributed by atoms with Gasteiger partial charge in [0, 0.05) is 12.6 Å². The lowest BCUT2D eigenvalue weighted by Gasteiger charge is -2.32. The topological polar surface area (TPSA) is 89.3 Å². The lowest BCUT2D eigenvalue weighted by molar-refractivity contribution is -0.124. The van der Waals surface area contributed by atoms with Crippen LogP contribution >= 0.6 is 0 Å². The molecule has 1 unspecified atom stereocenters. The molecule has 2 aliphatic rings. The Morgan fingerprint density at radius 3 is 2.56 bits per heavy atom. The molecule has 1 saturated heterocycles. The van der Waals surface area contributed by atoms with Crippen molar-refractivity contribution in [2.75, 3.05) is 18.1 Å². The Hall–Kier alpha value is -0.620. The van der Waals surface area contributed by atoms with Crippen LogP contribution < -0.4 is 11.1 Å². The normalized spacial score (nSPS) is 36.7. The summed E-state index contributed by atoms with van der Waals surface area (Å²) in [6, 6.07) is 0.286. The van der Waals surface area contributed by atoms with Gasteiger partial charge in [0.05, 0.1) is 17.4 Å². The number of hydrogen-bond donors (Lipinski definition) is 2. The van der Waals surface area contributed by atoms with Crippen molar-refractivity contribution in [3.63, 3.8) is 0 Å². The van der Waals surface area contributed by atoms with Crippen LogP contribution in [0.3, 0.4) is 0 Å². The highest BCUT2D eigenvalue weighted by atomic mass is 32.2. The van der Waals surface area contributed by atoms with Crippen molar-refractivity contribution >= 4 is 15.7 Å². The monoisotopic (exact) mass is 246 g/mol. The summed E-state index contributed by atoms with van der Waals surface area (Å²) >= 11 is 0. The van der Waals surface area contributed by atoms with Gasteiger partial charge in [-0.25, -0.2) is 8.42 Å². The number of nitrogens with two attached hydrogens (primary N) is 1. The zero-order valence-corrected chi connectivity index (χ0v) is 10.0. The van der Waals surface area contributed by atoms with Crippen LogP contribution in [0.2, 0.25) is 0 Å². The molecule has 16 heavy (non-hydrogen) atoms. The first-order valence-electron chi connectivity index (χ1n) is 5.70. The molecule has 1 saturated carbocycles. The number of rotatable bonds is 3. The molecular weight excluding hydrogens is 228 g/mol. The van der Waals surface area contributed by atoms with Gasteiger partial charge >= 0.3 is 0 Å². The minimum absolute atomic E-state index is 0.0169. The Bertz CT molecular complexity index is 374. The maximum atomic E-state index is 11.7. The zero-order chi connectivity index (χ0) is 11.8. The molecule has 0 aromatic heterocycles. The molecule has 2 fully saturated rings. The van der Waals surface area contributed by atoms with Crippen molar-refractivity contribution in [2.45, 2.75) is 25.3 Å². The zero-order valence-electron chi connectivity index (χ0n) is 9.19. The Labute approximate surface area is 95.7 Å². The second-order valence-electron chi connectivity index (χ2n) is 4.94. The van der Waals surface area contributed by atoms with Gasteiger partial charge in [0.25, 0.3) is 0 Å². The fourth-order valence-corrected chi connectivity index (χ4v) is 4.09. The van der Waals surface area contributed by atoms with Crippen molar-refractivity contribution in [1.82, 2.24) is 5.32 Å². The summed E-state index contributed by atoms with van der Waals surface area (Å²) < 4.78 is 22.4. The number of amides is 1. The molecule has 3 N–H and O–H groups in total. The summed E-state index contributed by atoms with van der Waals surface area (Å²) in [7, 11) is -2.96. The van der Waals surface area contributed by atoms with Crippen molar-refractivity contribution in [3.05, 3.63) is 0 Å². The lowest BCUT2D eigenvalue weighted by atomic mass is 9.81. The lowest BCUT2D eigenvalue weighted by Crippen LogP contribution is -2.44. The van der Waals surface area contributed by atoms with Gasteiger partial charge in [0.1, 0.15) is 0 Å². The summed E-state index contributed by atoms with van der Waals surface area (Å²) in [4.78, 5) is 11.7. The molecule has 0 aromatic carbocycles. The van der Waals surface area contributed by atoms with Gasteiger partial charge in [-0.05, 0) is 25.2 Å². The van der Waals surface area contributed by atoms with Crippen LogP contribution in [0.5, 0.6) is 0 Å². The van der Waals surface area contributed by atoms with E-state index >= 15 is 0 Å². The minimum Gasteiger partial charge on any atom is -0.356 e. The number of carbonyl (C=O) groups is 1. The maximum absolute atomic E-state index is 11.7. The number of sulfone groups is 1. The van der Waals surface area contributed by atoms with Crippen LogP contribution in [0, 0.1) is 11.8 Å². The largest absolute Gasteiger partial charge is 0.356 e.